The Bertz CT molecular complexity index is 489. The van der Waals surface area contributed by atoms with E-state index in [9.17, 15) is 9.59 Å². The summed E-state index contributed by atoms with van der Waals surface area (Å²) in [7, 11) is 0. The Hall–Kier alpha value is -1.85. The number of rotatable bonds is 5. The van der Waals surface area contributed by atoms with Gasteiger partial charge >= 0.3 is 5.97 Å². The molecule has 1 fully saturated rings. The average Bonchev–Trinajstić information content (AvgIpc) is 2.83. The fourth-order valence-electron chi connectivity index (χ4n) is 2.86. The molecule has 0 radical (unpaired) electrons. The molecule has 1 aromatic heterocycles. The van der Waals surface area contributed by atoms with Gasteiger partial charge in [-0.15, -0.1) is 0 Å². The smallest absolute Gasteiger partial charge is 0.303 e. The lowest BCUT2D eigenvalue weighted by Crippen LogP contribution is -2.40. The zero-order chi connectivity index (χ0) is 14.6. The largest absolute Gasteiger partial charge is 0.481 e. The average molecular weight is 280 g/mol. The van der Waals surface area contributed by atoms with E-state index in [-0.39, 0.29) is 23.5 Å². The summed E-state index contributed by atoms with van der Waals surface area (Å²) in [5.41, 5.74) is 0.322. The Morgan fingerprint density at radius 1 is 1.40 bits per heavy atom. The summed E-state index contributed by atoms with van der Waals surface area (Å²) in [6.45, 7) is 2.12. The SMILES string of the molecule is Cc1cc(C(=O)NCC2(CC(=O)O)CCCCC2)on1. The van der Waals surface area contributed by atoms with Crippen LogP contribution in [0.25, 0.3) is 0 Å². The number of carboxylic acids is 1. The summed E-state index contributed by atoms with van der Waals surface area (Å²) in [5, 5.41) is 15.5. The monoisotopic (exact) mass is 280 g/mol. The van der Waals surface area contributed by atoms with Crippen LogP contribution in [0.1, 0.15) is 54.8 Å². The van der Waals surface area contributed by atoms with E-state index in [4.69, 9.17) is 9.63 Å². The van der Waals surface area contributed by atoms with Crippen LogP contribution < -0.4 is 5.32 Å². The molecule has 6 heteroatoms. The minimum Gasteiger partial charge on any atom is -0.481 e. The summed E-state index contributed by atoms with van der Waals surface area (Å²) < 4.78 is 4.90. The molecule has 1 heterocycles. The molecule has 1 aliphatic rings. The van der Waals surface area contributed by atoms with E-state index in [0.29, 0.717) is 12.2 Å². The highest BCUT2D eigenvalue weighted by atomic mass is 16.5. The van der Waals surface area contributed by atoms with Gasteiger partial charge in [0, 0.05) is 12.6 Å². The number of hydrogen-bond donors (Lipinski definition) is 2. The Kier molecular flexibility index (Phi) is 4.42. The molecular formula is C14H20N2O4. The number of amides is 1. The normalized spacial score (nSPS) is 17.6. The zero-order valence-corrected chi connectivity index (χ0v) is 11.6. The predicted octanol–water partition coefficient (Wildman–Crippen LogP) is 2.14. The van der Waals surface area contributed by atoms with Gasteiger partial charge in [0.1, 0.15) is 0 Å². The Morgan fingerprint density at radius 3 is 2.65 bits per heavy atom. The topological polar surface area (TPSA) is 92.4 Å². The van der Waals surface area contributed by atoms with Crippen molar-refractivity contribution in [2.45, 2.75) is 45.4 Å². The van der Waals surface area contributed by atoms with Crippen molar-refractivity contribution in [2.24, 2.45) is 5.41 Å². The quantitative estimate of drug-likeness (QED) is 0.862. The number of aliphatic carboxylic acids is 1. The maximum absolute atomic E-state index is 11.9. The van der Waals surface area contributed by atoms with Crippen LogP contribution in [0.2, 0.25) is 0 Å². The lowest BCUT2D eigenvalue weighted by Gasteiger charge is -2.36. The molecular weight excluding hydrogens is 260 g/mol. The number of hydrogen-bond acceptors (Lipinski definition) is 4. The van der Waals surface area contributed by atoms with Gasteiger partial charge in [0.25, 0.3) is 5.91 Å². The molecule has 0 atom stereocenters. The maximum atomic E-state index is 11.9. The van der Waals surface area contributed by atoms with Crippen molar-refractivity contribution in [2.75, 3.05) is 6.54 Å². The number of nitrogens with zero attached hydrogens (tertiary/aromatic N) is 1. The predicted molar refractivity (Wildman–Crippen MR) is 71.3 cm³/mol. The van der Waals surface area contributed by atoms with E-state index in [1.807, 2.05) is 0 Å². The summed E-state index contributed by atoms with van der Waals surface area (Å²) in [4.78, 5) is 23.0. The van der Waals surface area contributed by atoms with Crippen molar-refractivity contribution in [3.8, 4) is 0 Å². The van der Waals surface area contributed by atoms with Crippen molar-refractivity contribution in [3.05, 3.63) is 17.5 Å². The first kappa shape index (κ1) is 14.6. The van der Waals surface area contributed by atoms with Gasteiger partial charge in [0.15, 0.2) is 0 Å². The molecule has 0 unspecified atom stereocenters. The third-order valence-electron chi connectivity index (χ3n) is 3.92. The Balaban J connectivity index is 1.97. The first-order valence-corrected chi connectivity index (χ1v) is 6.94. The number of carbonyl (C=O) groups excluding carboxylic acids is 1. The molecule has 1 aromatic rings. The highest BCUT2D eigenvalue weighted by Crippen LogP contribution is 2.38. The minimum absolute atomic E-state index is 0.0999. The highest BCUT2D eigenvalue weighted by Gasteiger charge is 2.35. The molecule has 0 aromatic carbocycles. The standard InChI is InChI=1S/C14H20N2O4/c1-10-7-11(20-16-10)13(19)15-9-14(8-12(17)18)5-3-2-4-6-14/h7H,2-6,8-9H2,1H3,(H,15,19)(H,17,18). The van der Waals surface area contributed by atoms with Crippen molar-refractivity contribution < 1.29 is 19.2 Å². The van der Waals surface area contributed by atoms with Gasteiger partial charge in [-0.25, -0.2) is 0 Å². The summed E-state index contributed by atoms with van der Waals surface area (Å²) in [6.07, 6.45) is 4.96. The van der Waals surface area contributed by atoms with Gasteiger partial charge in [-0.05, 0) is 25.2 Å². The third-order valence-corrected chi connectivity index (χ3v) is 3.92. The lowest BCUT2D eigenvalue weighted by atomic mass is 9.71. The van der Waals surface area contributed by atoms with Crippen LogP contribution in [-0.2, 0) is 4.79 Å². The minimum atomic E-state index is -0.809. The number of aryl methyl sites for hydroxylation is 1. The van der Waals surface area contributed by atoms with E-state index in [1.54, 1.807) is 13.0 Å². The van der Waals surface area contributed by atoms with Crippen LogP contribution in [0.15, 0.2) is 10.6 Å². The maximum Gasteiger partial charge on any atom is 0.303 e. The second-order valence-corrected chi connectivity index (χ2v) is 5.65. The fraction of sp³-hybridized carbons (Fsp3) is 0.643. The molecule has 6 nitrogen and oxygen atoms in total. The van der Waals surface area contributed by atoms with Crippen LogP contribution in [0, 0.1) is 12.3 Å². The number of nitrogens with one attached hydrogen (secondary N) is 1. The van der Waals surface area contributed by atoms with Crippen LogP contribution >= 0.6 is 0 Å². The van der Waals surface area contributed by atoms with Gasteiger partial charge < -0.3 is 14.9 Å². The second-order valence-electron chi connectivity index (χ2n) is 5.65. The Morgan fingerprint density at radius 2 is 2.10 bits per heavy atom. The number of carboxylic acid groups (broad SMARTS) is 1. The van der Waals surface area contributed by atoms with Gasteiger partial charge in [0.2, 0.25) is 5.76 Å². The van der Waals surface area contributed by atoms with E-state index in [2.05, 4.69) is 10.5 Å². The van der Waals surface area contributed by atoms with Crippen molar-refractivity contribution in [1.82, 2.24) is 10.5 Å². The van der Waals surface area contributed by atoms with Crippen LogP contribution in [0.5, 0.6) is 0 Å². The second kappa shape index (κ2) is 6.07. The molecule has 0 aliphatic heterocycles. The lowest BCUT2D eigenvalue weighted by molar-refractivity contribution is -0.140. The molecule has 1 saturated carbocycles. The van der Waals surface area contributed by atoms with Gasteiger partial charge in [-0.1, -0.05) is 24.4 Å². The van der Waals surface area contributed by atoms with Gasteiger partial charge in [-0.2, -0.15) is 0 Å². The van der Waals surface area contributed by atoms with Crippen molar-refractivity contribution >= 4 is 11.9 Å². The van der Waals surface area contributed by atoms with Crippen LogP contribution in [-0.4, -0.2) is 28.7 Å². The fourth-order valence-corrected chi connectivity index (χ4v) is 2.86. The van der Waals surface area contributed by atoms with Crippen LogP contribution in [0.4, 0.5) is 0 Å². The highest BCUT2D eigenvalue weighted by molar-refractivity contribution is 5.91. The molecule has 2 N–H and O–H groups in total. The first-order chi connectivity index (χ1) is 9.51. The molecule has 0 saturated heterocycles. The van der Waals surface area contributed by atoms with Gasteiger partial charge in [0.05, 0.1) is 12.1 Å². The molecule has 1 amide bonds. The molecule has 2 rings (SSSR count). The van der Waals surface area contributed by atoms with Gasteiger partial charge in [-0.3, -0.25) is 9.59 Å². The number of carbonyl (C=O) groups is 2. The van der Waals surface area contributed by atoms with Crippen molar-refractivity contribution in [3.63, 3.8) is 0 Å². The third kappa shape index (κ3) is 3.59. The first-order valence-electron chi connectivity index (χ1n) is 6.94. The van der Waals surface area contributed by atoms with E-state index >= 15 is 0 Å². The van der Waals surface area contributed by atoms with Crippen LogP contribution in [0.3, 0.4) is 0 Å². The van der Waals surface area contributed by atoms with E-state index in [0.717, 1.165) is 32.1 Å². The molecule has 0 bridgehead atoms. The molecule has 1 aliphatic carbocycles. The zero-order valence-electron chi connectivity index (χ0n) is 11.6. The summed E-state index contributed by atoms with van der Waals surface area (Å²) in [6, 6.07) is 1.57. The number of aromatic nitrogens is 1. The van der Waals surface area contributed by atoms with E-state index in [1.165, 1.54) is 0 Å². The summed E-state index contributed by atoms with van der Waals surface area (Å²) in [5.74, 6) is -0.971. The molecule has 110 valence electrons. The molecule has 0 spiro atoms. The van der Waals surface area contributed by atoms with Crippen molar-refractivity contribution in [1.29, 1.82) is 0 Å². The summed E-state index contributed by atoms with van der Waals surface area (Å²) >= 11 is 0. The van der Waals surface area contributed by atoms with E-state index < -0.39 is 5.97 Å². The molecule has 20 heavy (non-hydrogen) atoms. The Labute approximate surface area is 117 Å².